The number of aliphatic imine (C=N–C) groups is 1. The van der Waals surface area contributed by atoms with E-state index in [1.807, 2.05) is 20.0 Å². The molecule has 0 aromatic heterocycles. The molecule has 0 aliphatic heterocycles. The average molecular weight is 518 g/mol. The first-order valence-corrected chi connectivity index (χ1v) is 10.6. The van der Waals surface area contributed by atoms with Crippen molar-refractivity contribution in [2.75, 3.05) is 40.4 Å². The summed E-state index contributed by atoms with van der Waals surface area (Å²) in [4.78, 5) is 6.92. The third kappa shape index (κ3) is 8.99. The minimum absolute atomic E-state index is 0. The van der Waals surface area contributed by atoms with E-state index in [2.05, 4.69) is 46.5 Å². The lowest BCUT2D eigenvalue weighted by molar-refractivity contribution is 0.215. The molecule has 7 heteroatoms. The fraction of sp³-hybridized carbons (Fsp3) is 0.682. The largest absolute Gasteiger partial charge is 0.493 e. The predicted molar refractivity (Wildman–Crippen MR) is 132 cm³/mol. The molecular weight excluding hydrogens is 479 g/mol. The molecule has 0 unspecified atom stereocenters. The number of aryl methyl sites for hydroxylation is 1. The highest BCUT2D eigenvalue weighted by Crippen LogP contribution is 2.29. The number of nitrogens with zero attached hydrogens (tertiary/aromatic N) is 2. The molecular formula is C22H39IN4O2. The summed E-state index contributed by atoms with van der Waals surface area (Å²) in [7, 11) is 3.50. The van der Waals surface area contributed by atoms with Crippen LogP contribution in [0.2, 0.25) is 0 Å². The highest BCUT2D eigenvalue weighted by Gasteiger charge is 2.30. The van der Waals surface area contributed by atoms with E-state index in [0.29, 0.717) is 12.6 Å². The van der Waals surface area contributed by atoms with Crippen LogP contribution in [-0.4, -0.2) is 63.3 Å². The zero-order valence-corrected chi connectivity index (χ0v) is 21.0. The van der Waals surface area contributed by atoms with Gasteiger partial charge in [-0.05, 0) is 64.2 Å². The molecule has 0 radical (unpaired) electrons. The Balaban J connectivity index is 0.00000420. The Morgan fingerprint density at radius 1 is 1.21 bits per heavy atom. The summed E-state index contributed by atoms with van der Waals surface area (Å²) < 4.78 is 11.0. The van der Waals surface area contributed by atoms with E-state index in [0.717, 1.165) is 56.0 Å². The van der Waals surface area contributed by atoms with Crippen molar-refractivity contribution < 1.29 is 9.47 Å². The Hall–Kier alpha value is -1.22. The lowest BCUT2D eigenvalue weighted by atomic mass is 10.1. The fourth-order valence-corrected chi connectivity index (χ4v) is 3.44. The lowest BCUT2D eigenvalue weighted by Gasteiger charge is -2.26. The van der Waals surface area contributed by atoms with E-state index >= 15 is 0 Å². The van der Waals surface area contributed by atoms with Crippen LogP contribution in [0.4, 0.5) is 0 Å². The molecule has 1 aromatic rings. The molecule has 6 nitrogen and oxygen atoms in total. The summed E-state index contributed by atoms with van der Waals surface area (Å²) in [6.45, 7) is 10.0. The Morgan fingerprint density at radius 3 is 2.52 bits per heavy atom. The van der Waals surface area contributed by atoms with E-state index in [1.54, 1.807) is 7.11 Å². The molecule has 29 heavy (non-hydrogen) atoms. The maximum atomic E-state index is 5.66. The van der Waals surface area contributed by atoms with Gasteiger partial charge < -0.3 is 20.1 Å². The van der Waals surface area contributed by atoms with Crippen LogP contribution in [-0.2, 0) is 6.42 Å². The molecule has 1 aromatic carbocycles. The monoisotopic (exact) mass is 518 g/mol. The first-order chi connectivity index (χ1) is 13.6. The Labute approximate surface area is 193 Å². The van der Waals surface area contributed by atoms with Gasteiger partial charge in [-0.25, -0.2) is 0 Å². The van der Waals surface area contributed by atoms with Gasteiger partial charge in [-0.1, -0.05) is 6.07 Å². The highest BCUT2D eigenvalue weighted by atomic mass is 127. The van der Waals surface area contributed by atoms with Gasteiger partial charge in [-0.3, -0.25) is 9.89 Å². The molecule has 1 saturated carbocycles. The van der Waals surface area contributed by atoms with Crippen molar-refractivity contribution in [3.63, 3.8) is 0 Å². The first-order valence-electron chi connectivity index (χ1n) is 10.6. The normalized spacial score (nSPS) is 14.0. The molecule has 1 aliphatic rings. The highest BCUT2D eigenvalue weighted by molar-refractivity contribution is 14.0. The van der Waals surface area contributed by atoms with Crippen molar-refractivity contribution in [3.8, 4) is 11.5 Å². The van der Waals surface area contributed by atoms with Gasteiger partial charge in [0.2, 0.25) is 0 Å². The quantitative estimate of drug-likeness (QED) is 0.191. The van der Waals surface area contributed by atoms with Gasteiger partial charge in [0.15, 0.2) is 17.5 Å². The number of methoxy groups -OCH3 is 1. The molecule has 0 spiro atoms. The zero-order valence-electron chi connectivity index (χ0n) is 18.7. The maximum absolute atomic E-state index is 5.66. The Bertz CT molecular complexity index is 619. The molecule has 2 rings (SSSR count). The van der Waals surface area contributed by atoms with Crippen LogP contribution in [0.1, 0.15) is 45.6 Å². The number of rotatable bonds is 12. The minimum atomic E-state index is 0. The van der Waals surface area contributed by atoms with Gasteiger partial charge in [0.1, 0.15) is 0 Å². The third-order valence-electron chi connectivity index (χ3n) is 5.03. The van der Waals surface area contributed by atoms with Gasteiger partial charge in [0, 0.05) is 38.8 Å². The summed E-state index contributed by atoms with van der Waals surface area (Å²) in [5.41, 5.74) is 1.26. The average Bonchev–Trinajstić information content (AvgIpc) is 3.52. The van der Waals surface area contributed by atoms with Crippen LogP contribution in [0, 0.1) is 0 Å². The Kier molecular flexibility index (Phi) is 12.4. The third-order valence-corrected chi connectivity index (χ3v) is 5.03. The second kappa shape index (κ2) is 13.9. The van der Waals surface area contributed by atoms with E-state index < -0.39 is 0 Å². The molecule has 1 aliphatic carbocycles. The van der Waals surface area contributed by atoms with Gasteiger partial charge in [-0.2, -0.15) is 0 Å². The molecule has 0 amide bonds. The van der Waals surface area contributed by atoms with E-state index in [4.69, 9.17) is 9.47 Å². The molecule has 0 atom stereocenters. The smallest absolute Gasteiger partial charge is 0.191 e. The van der Waals surface area contributed by atoms with Crippen molar-refractivity contribution in [2.45, 2.75) is 58.5 Å². The SMILES string of the molecule is CCOc1cc(CCCNC(=NC)NCCN(C(C)C)C2CC2)ccc1OC.I. The molecule has 2 N–H and O–H groups in total. The summed E-state index contributed by atoms with van der Waals surface area (Å²) >= 11 is 0. The first kappa shape index (κ1) is 25.8. The number of hydrogen-bond acceptors (Lipinski definition) is 4. The topological polar surface area (TPSA) is 58.1 Å². The molecule has 166 valence electrons. The predicted octanol–water partition coefficient (Wildman–Crippen LogP) is 3.68. The van der Waals surface area contributed by atoms with Gasteiger partial charge in [0.05, 0.1) is 13.7 Å². The van der Waals surface area contributed by atoms with E-state index in [-0.39, 0.29) is 24.0 Å². The summed E-state index contributed by atoms with van der Waals surface area (Å²) in [6.07, 6.45) is 4.71. The van der Waals surface area contributed by atoms with Crippen molar-refractivity contribution in [1.29, 1.82) is 0 Å². The van der Waals surface area contributed by atoms with E-state index in [9.17, 15) is 0 Å². The fourth-order valence-electron chi connectivity index (χ4n) is 3.44. The van der Waals surface area contributed by atoms with Crippen molar-refractivity contribution in [2.24, 2.45) is 4.99 Å². The number of guanidine groups is 1. The van der Waals surface area contributed by atoms with Gasteiger partial charge in [0.25, 0.3) is 0 Å². The second-order valence-corrected chi connectivity index (χ2v) is 7.51. The van der Waals surface area contributed by atoms with Gasteiger partial charge >= 0.3 is 0 Å². The Morgan fingerprint density at radius 2 is 1.93 bits per heavy atom. The minimum Gasteiger partial charge on any atom is -0.493 e. The van der Waals surface area contributed by atoms with Crippen LogP contribution >= 0.6 is 24.0 Å². The van der Waals surface area contributed by atoms with Crippen LogP contribution in [0.5, 0.6) is 11.5 Å². The van der Waals surface area contributed by atoms with Crippen LogP contribution in [0.15, 0.2) is 23.2 Å². The van der Waals surface area contributed by atoms with E-state index in [1.165, 1.54) is 18.4 Å². The summed E-state index contributed by atoms with van der Waals surface area (Å²) in [6, 6.07) is 7.56. The van der Waals surface area contributed by atoms with Crippen LogP contribution in [0.25, 0.3) is 0 Å². The van der Waals surface area contributed by atoms with Crippen molar-refractivity contribution >= 4 is 29.9 Å². The summed E-state index contributed by atoms with van der Waals surface area (Å²) in [5, 5.41) is 6.85. The molecule has 0 bridgehead atoms. The molecule has 0 heterocycles. The zero-order chi connectivity index (χ0) is 20.4. The number of nitrogens with one attached hydrogen (secondary N) is 2. The van der Waals surface area contributed by atoms with Gasteiger partial charge in [-0.15, -0.1) is 24.0 Å². The van der Waals surface area contributed by atoms with Crippen molar-refractivity contribution in [3.05, 3.63) is 23.8 Å². The number of ether oxygens (including phenoxy) is 2. The van der Waals surface area contributed by atoms with Crippen LogP contribution < -0.4 is 20.1 Å². The molecule has 1 fully saturated rings. The van der Waals surface area contributed by atoms with Crippen LogP contribution in [0.3, 0.4) is 0 Å². The number of hydrogen-bond donors (Lipinski definition) is 2. The number of halogens is 1. The maximum Gasteiger partial charge on any atom is 0.191 e. The standard InChI is InChI=1S/C22H38N4O2.HI/c1-6-28-21-16-18(9-12-20(21)27-5)8-7-13-24-22(23-4)25-14-15-26(17(2)3)19-10-11-19;/h9,12,16-17,19H,6-8,10-11,13-15H2,1-5H3,(H2,23,24,25);1H. The second-order valence-electron chi connectivity index (χ2n) is 7.51. The molecule has 0 saturated heterocycles. The number of benzene rings is 1. The van der Waals surface area contributed by atoms with Crippen molar-refractivity contribution in [1.82, 2.24) is 15.5 Å². The summed E-state index contributed by atoms with van der Waals surface area (Å²) in [5.74, 6) is 2.48. The lowest BCUT2D eigenvalue weighted by Crippen LogP contribution is -2.44.